The Morgan fingerprint density at radius 2 is 1.95 bits per heavy atom. The van der Waals surface area contributed by atoms with E-state index in [1.807, 2.05) is 0 Å². The minimum absolute atomic E-state index is 0.0599. The average Bonchev–Trinajstić information content (AvgIpc) is 2.64. The zero-order valence-electron chi connectivity index (χ0n) is 11.7. The van der Waals surface area contributed by atoms with E-state index in [4.69, 9.17) is 0 Å². The molecule has 0 aromatic rings. The summed E-state index contributed by atoms with van der Waals surface area (Å²) in [5.74, 6) is 0.765. The molecule has 2 fully saturated rings. The number of hydrogen-bond donors (Lipinski definition) is 2. The number of piperidine rings is 1. The Balaban J connectivity index is 1.77. The number of aliphatic hydroxyl groups is 1. The Bertz CT molecular complexity index is 377. The average molecular weight is 290 g/mol. The molecule has 19 heavy (non-hydrogen) atoms. The van der Waals surface area contributed by atoms with Crippen molar-refractivity contribution in [3.63, 3.8) is 0 Å². The molecule has 0 spiro atoms. The van der Waals surface area contributed by atoms with E-state index in [0.717, 1.165) is 45.4 Å². The van der Waals surface area contributed by atoms with Gasteiger partial charge in [0.25, 0.3) is 0 Å². The number of rotatable bonds is 5. The van der Waals surface area contributed by atoms with Crippen LogP contribution in [-0.2, 0) is 9.84 Å². The predicted molar refractivity (Wildman–Crippen MR) is 75.9 cm³/mol. The van der Waals surface area contributed by atoms with Crippen molar-refractivity contribution >= 4 is 9.84 Å². The Kier molecular flexibility index (Phi) is 5.22. The summed E-state index contributed by atoms with van der Waals surface area (Å²) in [5.41, 5.74) is 0. The SMILES string of the molecule is CCCNCC1CCN(C2CS(=O)(=O)CC2O)CC1. The predicted octanol–water partition coefficient (Wildman–Crippen LogP) is -0.144. The number of aliphatic hydroxyl groups excluding tert-OH is 1. The molecular weight excluding hydrogens is 264 g/mol. The molecule has 0 aromatic heterocycles. The van der Waals surface area contributed by atoms with Gasteiger partial charge in [-0.25, -0.2) is 8.42 Å². The van der Waals surface area contributed by atoms with Gasteiger partial charge < -0.3 is 10.4 Å². The standard InChI is InChI=1S/C13H26N2O3S/c1-2-5-14-8-11-3-6-15(7-4-11)12-9-19(17,18)10-13(12)16/h11-14,16H,2-10H2,1H3. The van der Waals surface area contributed by atoms with Crippen LogP contribution in [0.15, 0.2) is 0 Å². The molecule has 2 rings (SSSR count). The fourth-order valence-corrected chi connectivity index (χ4v) is 4.96. The van der Waals surface area contributed by atoms with E-state index in [2.05, 4.69) is 17.1 Å². The molecule has 5 nitrogen and oxygen atoms in total. The fourth-order valence-electron chi connectivity index (χ4n) is 3.13. The monoisotopic (exact) mass is 290 g/mol. The Morgan fingerprint density at radius 1 is 1.26 bits per heavy atom. The van der Waals surface area contributed by atoms with Crippen LogP contribution in [0.25, 0.3) is 0 Å². The molecule has 0 amide bonds. The topological polar surface area (TPSA) is 69.6 Å². The Morgan fingerprint density at radius 3 is 2.47 bits per heavy atom. The van der Waals surface area contributed by atoms with Gasteiger partial charge in [0.15, 0.2) is 9.84 Å². The quantitative estimate of drug-likeness (QED) is 0.690. The van der Waals surface area contributed by atoms with Gasteiger partial charge in [0.2, 0.25) is 0 Å². The van der Waals surface area contributed by atoms with Crippen molar-refractivity contribution in [2.24, 2.45) is 5.92 Å². The lowest BCUT2D eigenvalue weighted by atomic mass is 9.95. The second-order valence-electron chi connectivity index (χ2n) is 5.90. The van der Waals surface area contributed by atoms with Crippen LogP contribution in [0.1, 0.15) is 26.2 Å². The first-order chi connectivity index (χ1) is 9.02. The minimum Gasteiger partial charge on any atom is -0.390 e. The third-order valence-corrected chi connectivity index (χ3v) is 5.97. The van der Waals surface area contributed by atoms with Crippen LogP contribution >= 0.6 is 0 Å². The highest BCUT2D eigenvalue weighted by atomic mass is 32.2. The maximum absolute atomic E-state index is 11.5. The minimum atomic E-state index is -3.03. The number of nitrogens with one attached hydrogen (secondary N) is 1. The summed E-state index contributed by atoms with van der Waals surface area (Å²) in [7, 11) is -3.03. The van der Waals surface area contributed by atoms with Gasteiger partial charge in [-0.15, -0.1) is 0 Å². The first kappa shape index (κ1) is 15.2. The fraction of sp³-hybridized carbons (Fsp3) is 1.00. The maximum atomic E-state index is 11.5. The second-order valence-corrected chi connectivity index (χ2v) is 8.05. The molecule has 2 aliphatic heterocycles. The van der Waals surface area contributed by atoms with Crippen LogP contribution in [0, 0.1) is 5.92 Å². The number of likely N-dealkylation sites (tertiary alicyclic amines) is 1. The van der Waals surface area contributed by atoms with Crippen molar-refractivity contribution in [3.8, 4) is 0 Å². The van der Waals surface area contributed by atoms with E-state index in [9.17, 15) is 13.5 Å². The number of sulfone groups is 1. The molecule has 0 aliphatic carbocycles. The molecule has 0 aromatic carbocycles. The highest BCUT2D eigenvalue weighted by Gasteiger charge is 2.40. The largest absolute Gasteiger partial charge is 0.390 e. The molecule has 112 valence electrons. The van der Waals surface area contributed by atoms with Crippen LogP contribution in [0.2, 0.25) is 0 Å². The van der Waals surface area contributed by atoms with Gasteiger partial charge in [-0.2, -0.15) is 0 Å². The first-order valence-corrected chi connectivity index (χ1v) is 9.17. The molecule has 2 unspecified atom stereocenters. The summed E-state index contributed by atoms with van der Waals surface area (Å²) in [6.45, 7) is 6.12. The lowest BCUT2D eigenvalue weighted by molar-refractivity contribution is 0.0587. The summed E-state index contributed by atoms with van der Waals surface area (Å²) in [4.78, 5) is 2.17. The van der Waals surface area contributed by atoms with Gasteiger partial charge in [0.05, 0.1) is 23.7 Å². The van der Waals surface area contributed by atoms with Crippen molar-refractivity contribution < 1.29 is 13.5 Å². The van der Waals surface area contributed by atoms with Crippen LogP contribution in [0.4, 0.5) is 0 Å². The van der Waals surface area contributed by atoms with Gasteiger partial charge in [-0.05, 0) is 51.4 Å². The normalized spacial score (nSPS) is 32.7. The smallest absolute Gasteiger partial charge is 0.154 e. The van der Waals surface area contributed by atoms with Crippen LogP contribution < -0.4 is 5.32 Å². The Labute approximate surface area is 116 Å². The van der Waals surface area contributed by atoms with E-state index < -0.39 is 15.9 Å². The second kappa shape index (κ2) is 6.52. The third-order valence-electron chi connectivity index (χ3n) is 4.27. The molecule has 2 saturated heterocycles. The third kappa shape index (κ3) is 4.15. The summed E-state index contributed by atoms with van der Waals surface area (Å²) >= 11 is 0. The molecule has 2 N–H and O–H groups in total. The molecule has 2 atom stereocenters. The lowest BCUT2D eigenvalue weighted by Crippen LogP contribution is -2.48. The van der Waals surface area contributed by atoms with Crippen molar-refractivity contribution in [1.82, 2.24) is 10.2 Å². The van der Waals surface area contributed by atoms with Gasteiger partial charge in [-0.3, -0.25) is 4.90 Å². The molecule has 2 heterocycles. The van der Waals surface area contributed by atoms with Crippen molar-refractivity contribution in [2.75, 3.05) is 37.7 Å². The summed E-state index contributed by atoms with van der Waals surface area (Å²) in [5, 5.41) is 13.3. The number of nitrogens with zero attached hydrogens (tertiary/aromatic N) is 1. The van der Waals surface area contributed by atoms with E-state index in [0.29, 0.717) is 5.92 Å². The van der Waals surface area contributed by atoms with E-state index in [-0.39, 0.29) is 17.5 Å². The van der Waals surface area contributed by atoms with Crippen molar-refractivity contribution in [1.29, 1.82) is 0 Å². The van der Waals surface area contributed by atoms with E-state index >= 15 is 0 Å². The lowest BCUT2D eigenvalue weighted by Gasteiger charge is -2.36. The van der Waals surface area contributed by atoms with Crippen molar-refractivity contribution in [3.05, 3.63) is 0 Å². The van der Waals surface area contributed by atoms with Crippen LogP contribution in [0.5, 0.6) is 0 Å². The summed E-state index contributed by atoms with van der Waals surface area (Å²) < 4.78 is 23.1. The van der Waals surface area contributed by atoms with Crippen LogP contribution in [-0.4, -0.2) is 68.3 Å². The Hall–Kier alpha value is -0.170. The molecule has 0 bridgehead atoms. The maximum Gasteiger partial charge on any atom is 0.154 e. The molecule has 0 saturated carbocycles. The summed E-state index contributed by atoms with van der Waals surface area (Å²) in [6, 6.07) is -0.172. The summed E-state index contributed by atoms with van der Waals surface area (Å²) in [6.07, 6.45) is 2.66. The zero-order chi connectivity index (χ0) is 13.9. The van der Waals surface area contributed by atoms with E-state index in [1.165, 1.54) is 0 Å². The molecular formula is C13H26N2O3S. The number of hydrogen-bond acceptors (Lipinski definition) is 5. The van der Waals surface area contributed by atoms with E-state index in [1.54, 1.807) is 0 Å². The molecule has 6 heteroatoms. The van der Waals surface area contributed by atoms with Crippen molar-refractivity contribution in [2.45, 2.75) is 38.3 Å². The van der Waals surface area contributed by atoms with Gasteiger partial charge in [0.1, 0.15) is 0 Å². The highest BCUT2D eigenvalue weighted by molar-refractivity contribution is 7.91. The zero-order valence-corrected chi connectivity index (χ0v) is 12.5. The molecule has 2 aliphatic rings. The van der Waals surface area contributed by atoms with Gasteiger partial charge >= 0.3 is 0 Å². The van der Waals surface area contributed by atoms with Crippen LogP contribution in [0.3, 0.4) is 0 Å². The van der Waals surface area contributed by atoms with Gasteiger partial charge in [0, 0.05) is 0 Å². The van der Waals surface area contributed by atoms with Gasteiger partial charge in [-0.1, -0.05) is 6.92 Å². The highest BCUT2D eigenvalue weighted by Crippen LogP contribution is 2.24. The first-order valence-electron chi connectivity index (χ1n) is 7.35. The molecule has 0 radical (unpaired) electrons.